The summed E-state index contributed by atoms with van der Waals surface area (Å²) in [5, 5.41) is 41.4. The smallest absolute Gasteiger partial charge is 0.356 e. The number of tetrazole rings is 1. The molecule has 2 heterocycles. The quantitative estimate of drug-likeness (QED) is 0.218. The van der Waals surface area contributed by atoms with Crippen LogP contribution < -0.4 is 11.1 Å². The molecule has 0 radical (unpaired) electrons. The summed E-state index contributed by atoms with van der Waals surface area (Å²) in [4.78, 5) is 22.8. The Labute approximate surface area is 151 Å². The number of thioether (sulfide) groups is 1. The van der Waals surface area contributed by atoms with E-state index in [1.807, 2.05) is 0 Å². The molecule has 0 amide bonds. The maximum atomic E-state index is 11.5. The number of methoxy groups -OCH3 is 1. The number of nitrogens with one attached hydrogen (secondary N) is 1. The number of aromatic nitrogens is 4. The number of aliphatic hydroxyl groups excluding tert-OH is 1. The van der Waals surface area contributed by atoms with Crippen LogP contribution in [0.25, 0.3) is 0 Å². The molecule has 6 N–H and O–H groups in total. The summed E-state index contributed by atoms with van der Waals surface area (Å²) in [6.07, 6.45) is -1.40. The fourth-order valence-corrected chi connectivity index (χ4v) is 2.98. The molecular formula is C12H18N6O7S. The molecular weight excluding hydrogens is 372 g/mol. The minimum absolute atomic E-state index is 0.154. The Morgan fingerprint density at radius 2 is 2.27 bits per heavy atom. The van der Waals surface area contributed by atoms with E-state index >= 15 is 0 Å². The number of aliphatic carboxylic acids is 2. The van der Waals surface area contributed by atoms with Gasteiger partial charge in [0.05, 0.1) is 19.8 Å². The second-order valence-electron chi connectivity index (χ2n) is 5.12. The number of ether oxygens (including phenoxy) is 2. The number of carbonyl (C=O) groups is 2. The van der Waals surface area contributed by atoms with Crippen LogP contribution >= 0.6 is 11.8 Å². The number of hydrogen-bond donors (Lipinski definition) is 5. The van der Waals surface area contributed by atoms with E-state index in [2.05, 4.69) is 20.8 Å². The summed E-state index contributed by atoms with van der Waals surface area (Å²) in [5.74, 6) is -2.65. The highest BCUT2D eigenvalue weighted by Crippen LogP contribution is 2.24. The zero-order chi connectivity index (χ0) is 19.3. The first-order chi connectivity index (χ1) is 12.3. The van der Waals surface area contributed by atoms with Crippen LogP contribution in [0.15, 0.2) is 16.4 Å². The van der Waals surface area contributed by atoms with E-state index in [9.17, 15) is 19.8 Å². The first-order valence-corrected chi connectivity index (χ1v) is 8.22. The summed E-state index contributed by atoms with van der Waals surface area (Å²) < 4.78 is 11.5. The lowest BCUT2D eigenvalue weighted by atomic mass is 10.1. The third kappa shape index (κ3) is 4.10. The van der Waals surface area contributed by atoms with Gasteiger partial charge in [0.1, 0.15) is 5.70 Å². The Bertz CT molecular complexity index is 710. The molecule has 26 heavy (non-hydrogen) atoms. The Hall–Kier alpha value is -2.26. The molecule has 0 aliphatic carbocycles. The normalized spacial score (nSPS) is 19.7. The molecule has 0 unspecified atom stereocenters. The van der Waals surface area contributed by atoms with Crippen LogP contribution in [-0.4, -0.2) is 85.5 Å². The Morgan fingerprint density at radius 3 is 2.85 bits per heavy atom. The van der Waals surface area contributed by atoms with Crippen LogP contribution in [0, 0.1) is 0 Å². The number of hydrogen-bond acceptors (Lipinski definition) is 11. The van der Waals surface area contributed by atoms with Crippen LogP contribution in [-0.2, 0) is 25.6 Å². The van der Waals surface area contributed by atoms with Gasteiger partial charge in [0.25, 0.3) is 5.72 Å². The number of rotatable bonds is 9. The van der Waals surface area contributed by atoms with Crippen molar-refractivity contribution in [2.45, 2.75) is 23.7 Å². The number of nitrogens with two attached hydrogens (primary N) is 1. The fraction of sp³-hybridized carbons (Fsp3) is 0.583. The standard InChI is InChI=1S/C12H18N6O7S/c1-24-12(13,10(22)23)9-14-7(8(20)21)6(4-25-9)5-26-11-15-16-17-18(11)2-3-19/h9,14,19H,2-5,13H2,1H3,(H,20,21)(H,22,23)/t9-,12-/m1/s1. The monoisotopic (exact) mass is 390 g/mol. The Morgan fingerprint density at radius 1 is 1.54 bits per heavy atom. The topological polar surface area (TPSA) is 195 Å². The lowest BCUT2D eigenvalue weighted by molar-refractivity contribution is -0.187. The third-order valence-corrected chi connectivity index (χ3v) is 4.56. The molecule has 0 bridgehead atoms. The van der Waals surface area contributed by atoms with Crippen molar-refractivity contribution in [3.05, 3.63) is 11.3 Å². The molecule has 1 aliphatic heterocycles. The lowest BCUT2D eigenvalue weighted by Gasteiger charge is -2.36. The van der Waals surface area contributed by atoms with Crippen molar-refractivity contribution in [1.82, 2.24) is 25.5 Å². The van der Waals surface area contributed by atoms with Gasteiger partial charge >= 0.3 is 11.9 Å². The molecule has 0 fully saturated rings. The van der Waals surface area contributed by atoms with E-state index in [-0.39, 0.29) is 31.2 Å². The highest BCUT2D eigenvalue weighted by molar-refractivity contribution is 7.99. The molecule has 14 heteroatoms. The second-order valence-corrected chi connectivity index (χ2v) is 6.06. The summed E-state index contributed by atoms with van der Waals surface area (Å²) in [6, 6.07) is 0. The van der Waals surface area contributed by atoms with Crippen LogP contribution in [0.4, 0.5) is 0 Å². The van der Waals surface area contributed by atoms with E-state index in [4.69, 9.17) is 20.3 Å². The van der Waals surface area contributed by atoms with Gasteiger partial charge in [-0.1, -0.05) is 11.8 Å². The summed E-state index contributed by atoms with van der Waals surface area (Å²) in [5.41, 5.74) is 3.50. The van der Waals surface area contributed by atoms with Gasteiger partial charge in [-0.2, -0.15) is 0 Å². The lowest BCUT2D eigenvalue weighted by Crippen LogP contribution is -2.66. The summed E-state index contributed by atoms with van der Waals surface area (Å²) in [6.45, 7) is -0.137. The molecule has 0 spiro atoms. The van der Waals surface area contributed by atoms with Gasteiger partial charge < -0.3 is 30.1 Å². The predicted molar refractivity (Wildman–Crippen MR) is 84.7 cm³/mol. The summed E-state index contributed by atoms with van der Waals surface area (Å²) in [7, 11) is 1.08. The zero-order valence-electron chi connectivity index (χ0n) is 13.7. The van der Waals surface area contributed by atoms with Gasteiger partial charge in [0, 0.05) is 12.9 Å². The first kappa shape index (κ1) is 20.1. The molecule has 144 valence electrons. The minimum atomic E-state index is -2.26. The van der Waals surface area contributed by atoms with E-state index < -0.39 is 23.9 Å². The zero-order valence-corrected chi connectivity index (χ0v) is 14.5. The predicted octanol–water partition coefficient (Wildman–Crippen LogP) is -2.57. The third-order valence-electron chi connectivity index (χ3n) is 3.51. The van der Waals surface area contributed by atoms with Crippen LogP contribution in [0.2, 0.25) is 0 Å². The Balaban J connectivity index is 2.16. The van der Waals surface area contributed by atoms with Crippen LogP contribution in [0.3, 0.4) is 0 Å². The SMILES string of the molecule is CO[C@@](N)(C(=O)O)[C@@H]1NC(C(=O)O)=C(CSc2nnnn2CCO)CO1. The average Bonchev–Trinajstić information content (AvgIpc) is 3.06. The highest BCUT2D eigenvalue weighted by Gasteiger charge is 2.47. The van der Waals surface area contributed by atoms with Crippen molar-refractivity contribution in [3.8, 4) is 0 Å². The maximum absolute atomic E-state index is 11.5. The van der Waals surface area contributed by atoms with Crippen molar-refractivity contribution in [3.63, 3.8) is 0 Å². The van der Waals surface area contributed by atoms with Gasteiger partial charge in [-0.05, 0) is 16.0 Å². The van der Waals surface area contributed by atoms with Crippen molar-refractivity contribution in [2.24, 2.45) is 5.73 Å². The van der Waals surface area contributed by atoms with Crippen molar-refractivity contribution in [1.29, 1.82) is 0 Å². The van der Waals surface area contributed by atoms with Gasteiger partial charge in [0.15, 0.2) is 6.23 Å². The fourth-order valence-electron chi connectivity index (χ4n) is 2.08. The van der Waals surface area contributed by atoms with Gasteiger partial charge in [0.2, 0.25) is 5.16 Å². The second kappa shape index (κ2) is 8.41. The minimum Gasteiger partial charge on any atom is -0.478 e. The van der Waals surface area contributed by atoms with Crippen molar-refractivity contribution < 1.29 is 34.4 Å². The summed E-state index contributed by atoms with van der Waals surface area (Å²) >= 11 is 1.14. The Kier molecular flexibility index (Phi) is 6.49. The molecule has 0 saturated heterocycles. The number of nitrogens with zero attached hydrogens (tertiary/aromatic N) is 4. The largest absolute Gasteiger partial charge is 0.478 e. The highest BCUT2D eigenvalue weighted by atomic mass is 32.2. The van der Waals surface area contributed by atoms with E-state index in [0.717, 1.165) is 18.9 Å². The molecule has 0 saturated carbocycles. The first-order valence-electron chi connectivity index (χ1n) is 7.24. The van der Waals surface area contributed by atoms with Crippen molar-refractivity contribution in [2.75, 3.05) is 26.1 Å². The van der Waals surface area contributed by atoms with E-state index in [1.165, 1.54) is 4.68 Å². The molecule has 2 atom stereocenters. The van der Waals surface area contributed by atoms with E-state index in [1.54, 1.807) is 0 Å². The molecule has 1 aromatic rings. The molecule has 1 aliphatic rings. The number of carboxylic acids is 2. The molecule has 13 nitrogen and oxygen atoms in total. The van der Waals surface area contributed by atoms with Crippen molar-refractivity contribution >= 4 is 23.7 Å². The number of aliphatic hydroxyl groups is 1. The maximum Gasteiger partial charge on any atom is 0.356 e. The number of carboxylic acid groups (broad SMARTS) is 2. The van der Waals surface area contributed by atoms with Gasteiger partial charge in [-0.15, -0.1) is 5.10 Å². The molecule has 1 aromatic heterocycles. The van der Waals surface area contributed by atoms with Gasteiger partial charge in [-0.3, -0.25) is 5.73 Å². The van der Waals surface area contributed by atoms with Gasteiger partial charge in [-0.25, -0.2) is 14.3 Å². The van der Waals surface area contributed by atoms with Crippen LogP contribution in [0.5, 0.6) is 0 Å². The van der Waals surface area contributed by atoms with Crippen LogP contribution in [0.1, 0.15) is 0 Å². The van der Waals surface area contributed by atoms with E-state index in [0.29, 0.717) is 10.7 Å². The molecule has 2 rings (SSSR count). The molecule has 0 aromatic carbocycles. The average molecular weight is 390 g/mol.